The summed E-state index contributed by atoms with van der Waals surface area (Å²) >= 11 is 0. The summed E-state index contributed by atoms with van der Waals surface area (Å²) in [6.45, 7) is 4.81. The Morgan fingerprint density at radius 1 is 1.08 bits per heavy atom. The molecule has 0 unspecified atom stereocenters. The van der Waals surface area contributed by atoms with Gasteiger partial charge >= 0.3 is 17.9 Å². The van der Waals surface area contributed by atoms with Crippen molar-refractivity contribution in [2.75, 3.05) is 13.2 Å². The van der Waals surface area contributed by atoms with Gasteiger partial charge in [-0.05, 0) is 13.8 Å². The zero-order valence-corrected chi connectivity index (χ0v) is 13.7. The topological polar surface area (TPSA) is 117 Å². The van der Waals surface area contributed by atoms with Gasteiger partial charge in [0.1, 0.15) is 6.61 Å². The quantitative estimate of drug-likeness (QED) is 0.298. The largest absolute Gasteiger partial charge is 0.465 e. The van der Waals surface area contributed by atoms with E-state index in [1.54, 1.807) is 13.8 Å². The highest BCUT2D eigenvalue weighted by Crippen LogP contribution is 2.09. The van der Waals surface area contributed by atoms with E-state index in [2.05, 4.69) is 15.0 Å². The molecule has 0 aliphatic carbocycles. The van der Waals surface area contributed by atoms with Crippen LogP contribution >= 0.6 is 0 Å². The normalized spacial score (nSPS) is 10.7. The number of carbonyl (C=O) groups excluding carboxylic acids is 3. The maximum absolute atomic E-state index is 11.8. The van der Waals surface area contributed by atoms with Gasteiger partial charge in [0.05, 0.1) is 31.3 Å². The van der Waals surface area contributed by atoms with Crippen molar-refractivity contribution in [1.29, 1.82) is 0 Å². The van der Waals surface area contributed by atoms with E-state index in [0.717, 1.165) is 6.21 Å². The summed E-state index contributed by atoms with van der Waals surface area (Å²) in [6, 6.07) is 0. The van der Waals surface area contributed by atoms with E-state index in [-0.39, 0.29) is 25.6 Å². The molecule has 0 atom stereocenters. The van der Waals surface area contributed by atoms with Gasteiger partial charge in [-0.1, -0.05) is 0 Å². The molecule has 9 nitrogen and oxygen atoms in total. The van der Waals surface area contributed by atoms with Crippen LogP contribution in [-0.2, 0) is 35.2 Å². The number of ether oxygens (including phenoxy) is 3. The van der Waals surface area contributed by atoms with E-state index >= 15 is 0 Å². The molecular formula is C15H19N3O6. The van der Waals surface area contributed by atoms with Crippen LogP contribution in [0.2, 0.25) is 0 Å². The second kappa shape index (κ2) is 10.0. The van der Waals surface area contributed by atoms with Crippen molar-refractivity contribution >= 4 is 29.9 Å². The van der Waals surface area contributed by atoms with Crippen LogP contribution in [0, 0.1) is 5.92 Å². The van der Waals surface area contributed by atoms with E-state index in [1.807, 2.05) is 0 Å². The molecular weight excluding hydrogens is 318 g/mol. The van der Waals surface area contributed by atoms with Crippen LogP contribution in [0.15, 0.2) is 17.4 Å². The predicted molar refractivity (Wildman–Crippen MR) is 82.4 cm³/mol. The Morgan fingerprint density at radius 3 is 2.17 bits per heavy atom. The van der Waals surface area contributed by atoms with Crippen molar-refractivity contribution in [3.63, 3.8) is 0 Å². The average Bonchev–Trinajstić information content (AvgIpc) is 2.54. The first-order valence-corrected chi connectivity index (χ1v) is 7.29. The van der Waals surface area contributed by atoms with Gasteiger partial charge in [0.25, 0.3) is 0 Å². The Balaban J connectivity index is 2.79. The summed E-state index contributed by atoms with van der Waals surface area (Å²) in [6.07, 6.45) is 3.80. The first-order chi connectivity index (χ1) is 11.5. The summed E-state index contributed by atoms with van der Waals surface area (Å²) in [5.74, 6) is -3.02. The number of carbonyl (C=O) groups is 3. The third-order valence-corrected chi connectivity index (χ3v) is 2.55. The van der Waals surface area contributed by atoms with E-state index in [9.17, 15) is 14.4 Å². The summed E-state index contributed by atoms with van der Waals surface area (Å²) < 4.78 is 14.4. The summed E-state index contributed by atoms with van der Waals surface area (Å²) in [4.78, 5) is 46.2. The molecule has 1 heterocycles. The molecule has 1 aromatic heterocycles. The van der Waals surface area contributed by atoms with Crippen molar-refractivity contribution in [1.82, 2.24) is 9.97 Å². The molecule has 0 bridgehead atoms. The number of hydrogen-bond donors (Lipinski definition) is 0. The molecule has 0 spiro atoms. The number of rotatable bonds is 8. The van der Waals surface area contributed by atoms with Crippen LogP contribution in [0.3, 0.4) is 0 Å². The zero-order valence-electron chi connectivity index (χ0n) is 13.7. The second-order valence-electron chi connectivity index (χ2n) is 4.41. The number of aliphatic imine (C=N–C) groups is 1. The van der Waals surface area contributed by atoms with Gasteiger partial charge < -0.3 is 14.2 Å². The highest BCUT2D eigenvalue weighted by molar-refractivity contribution is 6.09. The van der Waals surface area contributed by atoms with Crippen molar-refractivity contribution < 1.29 is 28.6 Å². The van der Waals surface area contributed by atoms with E-state index in [1.165, 1.54) is 19.3 Å². The Labute approximate surface area is 139 Å². The van der Waals surface area contributed by atoms with Crippen LogP contribution in [0.25, 0.3) is 0 Å². The van der Waals surface area contributed by atoms with Gasteiger partial charge in [-0.2, -0.15) is 0 Å². The summed E-state index contributed by atoms with van der Waals surface area (Å²) in [7, 11) is 0. The molecule has 24 heavy (non-hydrogen) atoms. The molecule has 0 aromatic carbocycles. The van der Waals surface area contributed by atoms with Crippen LogP contribution in [0.4, 0.5) is 5.82 Å². The molecule has 0 fully saturated rings. The van der Waals surface area contributed by atoms with Crippen LogP contribution in [0.5, 0.6) is 0 Å². The molecule has 9 heteroatoms. The third kappa shape index (κ3) is 6.51. The average molecular weight is 337 g/mol. The Hall–Kier alpha value is -2.84. The SMILES string of the molecule is CCOC(=O)C(C=Nc1cnc(COC(C)=O)cn1)C(=O)OCC. The Morgan fingerprint density at radius 2 is 1.71 bits per heavy atom. The Kier molecular flexibility index (Phi) is 8.03. The van der Waals surface area contributed by atoms with Gasteiger partial charge in [-0.3, -0.25) is 19.4 Å². The number of esters is 3. The smallest absolute Gasteiger partial charge is 0.325 e. The fraction of sp³-hybridized carbons (Fsp3) is 0.467. The van der Waals surface area contributed by atoms with Crippen LogP contribution in [0.1, 0.15) is 26.5 Å². The molecule has 0 aliphatic heterocycles. The zero-order chi connectivity index (χ0) is 17.9. The van der Waals surface area contributed by atoms with Crippen LogP contribution < -0.4 is 0 Å². The fourth-order valence-corrected chi connectivity index (χ4v) is 1.50. The molecule has 1 aromatic rings. The first-order valence-electron chi connectivity index (χ1n) is 7.29. The van der Waals surface area contributed by atoms with E-state index in [4.69, 9.17) is 14.2 Å². The highest BCUT2D eigenvalue weighted by Gasteiger charge is 2.27. The van der Waals surface area contributed by atoms with E-state index in [0.29, 0.717) is 5.69 Å². The molecule has 0 N–H and O–H groups in total. The third-order valence-electron chi connectivity index (χ3n) is 2.55. The lowest BCUT2D eigenvalue weighted by atomic mass is 10.2. The fourth-order valence-electron chi connectivity index (χ4n) is 1.50. The lowest BCUT2D eigenvalue weighted by molar-refractivity contribution is -0.157. The number of hydrogen-bond acceptors (Lipinski definition) is 9. The minimum Gasteiger partial charge on any atom is -0.465 e. The van der Waals surface area contributed by atoms with Gasteiger partial charge in [0, 0.05) is 13.1 Å². The van der Waals surface area contributed by atoms with Gasteiger partial charge in [0.15, 0.2) is 11.7 Å². The predicted octanol–water partition coefficient (Wildman–Crippen LogP) is 0.984. The monoisotopic (exact) mass is 337 g/mol. The number of aromatic nitrogens is 2. The minimum absolute atomic E-state index is 0.000600. The molecule has 0 aliphatic rings. The number of nitrogens with zero attached hydrogens (tertiary/aromatic N) is 3. The first kappa shape index (κ1) is 19.2. The lowest BCUT2D eigenvalue weighted by Crippen LogP contribution is -2.29. The molecule has 0 amide bonds. The molecule has 0 saturated heterocycles. The van der Waals surface area contributed by atoms with Crippen LogP contribution in [-0.4, -0.2) is 47.3 Å². The van der Waals surface area contributed by atoms with E-state index < -0.39 is 23.8 Å². The van der Waals surface area contributed by atoms with Gasteiger partial charge in [0.2, 0.25) is 0 Å². The molecule has 130 valence electrons. The van der Waals surface area contributed by atoms with Crippen molar-refractivity contribution in [2.45, 2.75) is 27.4 Å². The van der Waals surface area contributed by atoms with Crippen molar-refractivity contribution in [3.8, 4) is 0 Å². The highest BCUT2D eigenvalue weighted by atomic mass is 16.6. The standard InChI is InChI=1S/C15H19N3O6/c1-4-22-14(20)12(15(21)23-5-2)7-18-13-8-16-11(6-17-13)9-24-10(3)19/h6-8,12H,4-5,9H2,1-3H3. The minimum atomic E-state index is -1.27. The molecule has 1 rings (SSSR count). The maximum Gasteiger partial charge on any atom is 0.325 e. The molecule has 0 saturated carbocycles. The summed E-state index contributed by atoms with van der Waals surface area (Å²) in [5.41, 5.74) is 0.441. The second-order valence-corrected chi connectivity index (χ2v) is 4.41. The van der Waals surface area contributed by atoms with Crippen molar-refractivity contribution in [2.24, 2.45) is 10.9 Å². The maximum atomic E-state index is 11.8. The van der Waals surface area contributed by atoms with Crippen molar-refractivity contribution in [3.05, 3.63) is 18.1 Å². The van der Waals surface area contributed by atoms with Gasteiger partial charge in [-0.25, -0.2) is 9.98 Å². The molecule has 0 radical (unpaired) electrons. The summed E-state index contributed by atoms with van der Waals surface area (Å²) in [5, 5.41) is 0. The lowest BCUT2D eigenvalue weighted by Gasteiger charge is -2.09. The van der Waals surface area contributed by atoms with Gasteiger partial charge in [-0.15, -0.1) is 0 Å². The Bertz CT molecular complexity index is 582.